The van der Waals surface area contributed by atoms with Crippen LogP contribution in [0.2, 0.25) is 0 Å². The van der Waals surface area contributed by atoms with E-state index in [1.54, 1.807) is 12.1 Å². The van der Waals surface area contributed by atoms with Crippen molar-refractivity contribution >= 4 is 34.6 Å². The van der Waals surface area contributed by atoms with Gasteiger partial charge in [0.15, 0.2) is 0 Å². The van der Waals surface area contributed by atoms with Gasteiger partial charge in [-0.15, -0.1) is 11.3 Å². The second kappa shape index (κ2) is 7.82. The van der Waals surface area contributed by atoms with Crippen molar-refractivity contribution in [3.63, 3.8) is 0 Å². The Morgan fingerprint density at radius 2 is 1.86 bits per heavy atom. The summed E-state index contributed by atoms with van der Waals surface area (Å²) in [6.07, 6.45) is 0.772. The quantitative estimate of drug-likeness (QED) is 0.674. The summed E-state index contributed by atoms with van der Waals surface area (Å²) >= 11 is 1.43. The molecule has 1 aliphatic heterocycles. The summed E-state index contributed by atoms with van der Waals surface area (Å²) in [5.41, 5.74) is 2.87. The SMILES string of the molecule is O=C(Nc1ccc2c(c1)CN(C(=O)c1cccs1)CC2)Nc1ccccc1F. The van der Waals surface area contributed by atoms with Crippen LogP contribution in [0.3, 0.4) is 0 Å². The molecule has 5 nitrogen and oxygen atoms in total. The van der Waals surface area contributed by atoms with Gasteiger partial charge in [0.2, 0.25) is 0 Å². The lowest BCUT2D eigenvalue weighted by Gasteiger charge is -2.29. The maximum Gasteiger partial charge on any atom is 0.323 e. The van der Waals surface area contributed by atoms with E-state index < -0.39 is 11.8 Å². The third-order valence-corrected chi connectivity index (χ3v) is 5.48. The minimum absolute atomic E-state index is 0.0244. The van der Waals surface area contributed by atoms with Crippen molar-refractivity contribution in [2.24, 2.45) is 0 Å². The molecule has 7 heteroatoms. The minimum Gasteiger partial charge on any atom is -0.333 e. The number of halogens is 1. The number of carbonyl (C=O) groups is 2. The maximum atomic E-state index is 13.7. The molecule has 0 bridgehead atoms. The van der Waals surface area contributed by atoms with Crippen molar-refractivity contribution in [1.29, 1.82) is 0 Å². The first kappa shape index (κ1) is 18.2. The van der Waals surface area contributed by atoms with Gasteiger partial charge in [-0.2, -0.15) is 0 Å². The smallest absolute Gasteiger partial charge is 0.323 e. The van der Waals surface area contributed by atoms with Gasteiger partial charge in [-0.25, -0.2) is 9.18 Å². The summed E-state index contributed by atoms with van der Waals surface area (Å²) in [5.74, 6) is -0.470. The summed E-state index contributed by atoms with van der Waals surface area (Å²) < 4.78 is 13.7. The molecule has 4 rings (SSSR count). The molecule has 1 aliphatic rings. The molecular formula is C21H18FN3O2S. The molecule has 2 N–H and O–H groups in total. The van der Waals surface area contributed by atoms with Crippen LogP contribution >= 0.6 is 11.3 Å². The molecule has 0 unspecified atom stereocenters. The topological polar surface area (TPSA) is 61.4 Å². The number of amides is 3. The van der Waals surface area contributed by atoms with Gasteiger partial charge >= 0.3 is 6.03 Å². The number of nitrogens with one attached hydrogen (secondary N) is 2. The highest BCUT2D eigenvalue weighted by atomic mass is 32.1. The Hall–Kier alpha value is -3.19. The molecule has 2 aromatic carbocycles. The summed E-state index contributed by atoms with van der Waals surface area (Å²) in [5, 5.41) is 7.11. The number of benzene rings is 2. The van der Waals surface area contributed by atoms with Gasteiger partial charge in [0.25, 0.3) is 5.91 Å². The van der Waals surface area contributed by atoms with Crippen molar-refractivity contribution in [3.05, 3.63) is 81.8 Å². The van der Waals surface area contributed by atoms with Crippen molar-refractivity contribution in [2.45, 2.75) is 13.0 Å². The van der Waals surface area contributed by atoms with E-state index in [1.807, 2.05) is 40.6 Å². The Morgan fingerprint density at radius 3 is 2.64 bits per heavy atom. The standard InChI is InChI=1S/C21H18FN3O2S/c22-17-4-1-2-5-18(17)24-21(27)23-16-8-7-14-9-10-25(13-15(14)12-16)20(26)19-6-3-11-28-19/h1-8,11-12H,9-10,13H2,(H2,23,24,27). The highest BCUT2D eigenvalue weighted by molar-refractivity contribution is 7.12. The highest BCUT2D eigenvalue weighted by Crippen LogP contribution is 2.25. The summed E-state index contributed by atoms with van der Waals surface area (Å²) in [6.45, 7) is 1.17. The number of para-hydroxylation sites is 1. The first-order chi connectivity index (χ1) is 13.6. The van der Waals surface area contributed by atoms with Gasteiger partial charge in [-0.05, 0) is 53.3 Å². The van der Waals surface area contributed by atoms with Crippen LogP contribution in [0.5, 0.6) is 0 Å². The van der Waals surface area contributed by atoms with Crippen molar-refractivity contribution in [1.82, 2.24) is 4.90 Å². The molecule has 28 heavy (non-hydrogen) atoms. The zero-order chi connectivity index (χ0) is 19.5. The first-order valence-corrected chi connectivity index (χ1v) is 9.75. The molecular weight excluding hydrogens is 377 g/mol. The van der Waals surface area contributed by atoms with E-state index in [9.17, 15) is 14.0 Å². The summed E-state index contributed by atoms with van der Waals surface area (Å²) in [6, 6.07) is 14.8. The lowest BCUT2D eigenvalue weighted by Crippen LogP contribution is -2.35. The van der Waals surface area contributed by atoms with Gasteiger partial charge in [0.05, 0.1) is 10.6 Å². The number of nitrogens with zero attached hydrogens (tertiary/aromatic N) is 1. The van der Waals surface area contributed by atoms with E-state index in [0.29, 0.717) is 18.8 Å². The van der Waals surface area contributed by atoms with Crippen LogP contribution in [0, 0.1) is 5.82 Å². The van der Waals surface area contributed by atoms with Gasteiger partial charge in [0, 0.05) is 18.8 Å². The molecule has 2 heterocycles. The van der Waals surface area contributed by atoms with E-state index in [2.05, 4.69) is 10.6 Å². The maximum absolute atomic E-state index is 13.7. The number of anilines is 2. The average molecular weight is 395 g/mol. The molecule has 0 atom stereocenters. The molecule has 3 aromatic rings. The van der Waals surface area contributed by atoms with Crippen LogP contribution in [-0.4, -0.2) is 23.4 Å². The number of fused-ring (bicyclic) bond motifs is 1. The third kappa shape index (κ3) is 3.89. The number of carbonyl (C=O) groups excluding carboxylic acids is 2. The predicted octanol–water partition coefficient (Wildman–Crippen LogP) is 4.73. The highest BCUT2D eigenvalue weighted by Gasteiger charge is 2.22. The monoisotopic (exact) mass is 395 g/mol. The van der Waals surface area contributed by atoms with Crippen LogP contribution in [0.1, 0.15) is 20.8 Å². The van der Waals surface area contributed by atoms with Crippen molar-refractivity contribution in [3.8, 4) is 0 Å². The Bertz CT molecular complexity index is 1020. The van der Waals surface area contributed by atoms with Crippen molar-refractivity contribution < 1.29 is 14.0 Å². The number of thiophene rings is 1. The second-order valence-corrected chi connectivity index (χ2v) is 7.44. The molecule has 0 saturated heterocycles. The van der Waals surface area contributed by atoms with Crippen LogP contribution in [0.4, 0.5) is 20.6 Å². The van der Waals surface area contributed by atoms with Crippen LogP contribution < -0.4 is 10.6 Å². The van der Waals surface area contributed by atoms with Crippen LogP contribution in [0.15, 0.2) is 60.0 Å². The molecule has 3 amide bonds. The van der Waals surface area contributed by atoms with Gasteiger partial charge in [0.1, 0.15) is 5.82 Å². The van der Waals surface area contributed by atoms with Crippen molar-refractivity contribution in [2.75, 3.05) is 17.2 Å². The lowest BCUT2D eigenvalue weighted by molar-refractivity contribution is 0.0739. The molecule has 1 aromatic heterocycles. The fourth-order valence-electron chi connectivity index (χ4n) is 3.21. The lowest BCUT2D eigenvalue weighted by atomic mass is 9.99. The summed E-state index contributed by atoms with van der Waals surface area (Å²) in [4.78, 5) is 27.3. The van der Waals surface area contributed by atoms with E-state index in [1.165, 1.54) is 23.5 Å². The Balaban J connectivity index is 1.45. The molecule has 142 valence electrons. The molecule has 0 saturated carbocycles. The fourth-order valence-corrected chi connectivity index (χ4v) is 3.90. The molecule has 0 aliphatic carbocycles. The first-order valence-electron chi connectivity index (χ1n) is 8.87. The van der Waals surface area contributed by atoms with E-state index >= 15 is 0 Å². The van der Waals surface area contributed by atoms with Crippen LogP contribution in [0.25, 0.3) is 0 Å². The minimum atomic E-state index is -0.521. The van der Waals surface area contributed by atoms with Gasteiger partial charge < -0.3 is 15.5 Å². The molecule has 0 fully saturated rings. The fraction of sp³-hybridized carbons (Fsp3) is 0.143. The van der Waals surface area contributed by atoms with Gasteiger partial charge in [-0.1, -0.05) is 24.3 Å². The number of hydrogen-bond acceptors (Lipinski definition) is 3. The predicted molar refractivity (Wildman–Crippen MR) is 108 cm³/mol. The zero-order valence-corrected chi connectivity index (χ0v) is 15.8. The zero-order valence-electron chi connectivity index (χ0n) is 14.9. The largest absolute Gasteiger partial charge is 0.333 e. The van der Waals surface area contributed by atoms with E-state index in [0.717, 1.165) is 22.4 Å². The average Bonchev–Trinajstić information content (AvgIpc) is 3.23. The number of rotatable bonds is 3. The van der Waals surface area contributed by atoms with E-state index in [4.69, 9.17) is 0 Å². The van der Waals surface area contributed by atoms with Gasteiger partial charge in [-0.3, -0.25) is 4.79 Å². The normalized spacial score (nSPS) is 13.0. The number of hydrogen-bond donors (Lipinski definition) is 2. The summed E-state index contributed by atoms with van der Waals surface area (Å²) in [7, 11) is 0. The Morgan fingerprint density at radius 1 is 1.00 bits per heavy atom. The molecule has 0 radical (unpaired) electrons. The van der Waals surface area contributed by atoms with E-state index in [-0.39, 0.29) is 11.6 Å². The van der Waals surface area contributed by atoms with Crippen LogP contribution in [-0.2, 0) is 13.0 Å². The third-order valence-electron chi connectivity index (χ3n) is 4.62. The Labute approximate surface area is 165 Å². The second-order valence-electron chi connectivity index (χ2n) is 6.50. The number of urea groups is 1. The Kier molecular flexibility index (Phi) is 5.08. The molecule has 0 spiro atoms.